The maximum absolute atomic E-state index is 13.2. The lowest BCUT2D eigenvalue weighted by atomic mass is 10.2. The number of sulfonamides is 2. The monoisotopic (exact) mass is 414 g/mol. The third kappa shape index (κ3) is 4.55. The average Bonchev–Trinajstić information content (AvgIpc) is 3.07. The summed E-state index contributed by atoms with van der Waals surface area (Å²) in [7, 11) is -7.36. The van der Waals surface area contributed by atoms with Crippen molar-refractivity contribution >= 4 is 20.0 Å². The molecule has 0 N–H and O–H groups in total. The molecule has 1 aromatic rings. The van der Waals surface area contributed by atoms with Gasteiger partial charge in [0.05, 0.1) is 9.79 Å². The van der Waals surface area contributed by atoms with Gasteiger partial charge < -0.3 is 0 Å². The van der Waals surface area contributed by atoms with Crippen LogP contribution in [0.5, 0.6) is 0 Å². The Hall–Kier alpha value is -0.960. The molecule has 0 aliphatic carbocycles. The third-order valence-corrected chi connectivity index (χ3v) is 9.48. The predicted molar refractivity (Wildman–Crippen MR) is 106 cm³/mol. The molecule has 8 heteroatoms. The van der Waals surface area contributed by atoms with E-state index in [4.69, 9.17) is 0 Å². The molecule has 0 aromatic heterocycles. The number of aryl methyl sites for hydroxylation is 1. The number of hydrogen-bond acceptors (Lipinski definition) is 4. The van der Waals surface area contributed by atoms with Crippen LogP contribution in [0, 0.1) is 6.92 Å². The number of benzene rings is 1. The summed E-state index contributed by atoms with van der Waals surface area (Å²) < 4.78 is 55.6. The van der Waals surface area contributed by atoms with Gasteiger partial charge in [0, 0.05) is 26.2 Å². The fourth-order valence-electron chi connectivity index (χ4n) is 3.87. The van der Waals surface area contributed by atoms with Crippen molar-refractivity contribution in [2.75, 3.05) is 26.2 Å². The zero-order chi connectivity index (χ0) is 19.5. The van der Waals surface area contributed by atoms with E-state index < -0.39 is 20.0 Å². The lowest BCUT2D eigenvalue weighted by molar-refractivity contribution is 0.421. The molecule has 0 bridgehead atoms. The van der Waals surface area contributed by atoms with Crippen LogP contribution in [-0.2, 0) is 20.0 Å². The Kier molecular flexibility index (Phi) is 6.61. The molecule has 0 radical (unpaired) electrons. The number of nitrogens with zero attached hydrogens (tertiary/aromatic N) is 2. The topological polar surface area (TPSA) is 74.8 Å². The lowest BCUT2D eigenvalue weighted by Gasteiger charge is -2.23. The normalized spacial score (nSPS) is 21.5. The fourth-order valence-corrected chi connectivity index (χ4v) is 7.26. The fraction of sp³-hybridized carbons (Fsp3) is 0.684. The molecule has 6 nitrogen and oxygen atoms in total. The van der Waals surface area contributed by atoms with Crippen molar-refractivity contribution in [2.24, 2.45) is 0 Å². The Morgan fingerprint density at radius 3 is 1.59 bits per heavy atom. The van der Waals surface area contributed by atoms with Crippen LogP contribution in [0.25, 0.3) is 0 Å². The van der Waals surface area contributed by atoms with Crippen LogP contribution in [0.3, 0.4) is 0 Å². The lowest BCUT2D eigenvalue weighted by Crippen LogP contribution is -2.34. The molecule has 1 aromatic carbocycles. The minimum atomic E-state index is -3.69. The molecule has 0 unspecified atom stereocenters. The molecule has 2 heterocycles. The summed E-state index contributed by atoms with van der Waals surface area (Å²) in [5, 5.41) is 0. The largest absolute Gasteiger partial charge is 0.243 e. The van der Waals surface area contributed by atoms with Gasteiger partial charge in [0.15, 0.2) is 0 Å². The smallest absolute Gasteiger partial charge is 0.207 e. The van der Waals surface area contributed by atoms with Crippen LogP contribution in [0.2, 0.25) is 0 Å². The van der Waals surface area contributed by atoms with E-state index in [1.54, 1.807) is 13.0 Å². The highest BCUT2D eigenvalue weighted by atomic mass is 32.2. The van der Waals surface area contributed by atoms with Gasteiger partial charge in [-0.1, -0.05) is 31.7 Å². The molecule has 0 saturated carbocycles. The molecular formula is C19H30N2O4S2. The third-order valence-electron chi connectivity index (χ3n) is 5.55. The van der Waals surface area contributed by atoms with Crippen molar-refractivity contribution in [2.45, 2.75) is 68.1 Å². The second kappa shape index (κ2) is 8.59. The van der Waals surface area contributed by atoms with Gasteiger partial charge in [-0.15, -0.1) is 0 Å². The summed E-state index contributed by atoms with van der Waals surface area (Å²) >= 11 is 0. The molecule has 27 heavy (non-hydrogen) atoms. The van der Waals surface area contributed by atoms with Crippen LogP contribution in [0.4, 0.5) is 0 Å². The highest BCUT2D eigenvalue weighted by molar-refractivity contribution is 7.90. The maximum Gasteiger partial charge on any atom is 0.243 e. The van der Waals surface area contributed by atoms with Gasteiger partial charge in [0.1, 0.15) is 0 Å². The standard InChI is InChI=1S/C19H30N2O4S2/c1-17-10-11-18(26(22,23)20-12-6-2-3-7-13-20)16-19(17)27(24,25)21-14-8-4-5-9-15-21/h10-11,16H,2-9,12-15H2,1H3. The molecule has 3 rings (SSSR count). The van der Waals surface area contributed by atoms with E-state index in [0.29, 0.717) is 31.7 Å². The van der Waals surface area contributed by atoms with Gasteiger partial charge in [-0.05, 0) is 50.3 Å². The predicted octanol–water partition coefficient (Wildman–Crippen LogP) is 3.12. The Bertz CT molecular complexity index is 850. The summed E-state index contributed by atoms with van der Waals surface area (Å²) in [6, 6.07) is 4.53. The van der Waals surface area contributed by atoms with Crippen molar-refractivity contribution < 1.29 is 16.8 Å². The van der Waals surface area contributed by atoms with Gasteiger partial charge >= 0.3 is 0 Å². The molecule has 2 saturated heterocycles. The Morgan fingerprint density at radius 1 is 0.667 bits per heavy atom. The molecule has 2 aliphatic heterocycles. The maximum atomic E-state index is 13.2. The quantitative estimate of drug-likeness (QED) is 0.759. The SMILES string of the molecule is Cc1ccc(S(=O)(=O)N2CCCCCC2)cc1S(=O)(=O)N1CCCCCC1. The summed E-state index contributed by atoms with van der Waals surface area (Å²) in [4.78, 5) is 0.212. The van der Waals surface area contributed by atoms with Gasteiger partial charge in [-0.3, -0.25) is 0 Å². The molecule has 0 atom stereocenters. The second-order valence-electron chi connectivity index (χ2n) is 7.56. The van der Waals surface area contributed by atoms with Crippen molar-refractivity contribution in [3.63, 3.8) is 0 Å². The van der Waals surface area contributed by atoms with E-state index in [2.05, 4.69) is 0 Å². The summed E-state index contributed by atoms with van der Waals surface area (Å²) in [6.45, 7) is 3.75. The zero-order valence-electron chi connectivity index (χ0n) is 16.1. The van der Waals surface area contributed by atoms with E-state index in [0.717, 1.165) is 51.4 Å². The number of rotatable bonds is 4. The molecule has 2 aliphatic rings. The first kappa shape index (κ1) is 20.8. The molecule has 0 amide bonds. The van der Waals surface area contributed by atoms with Crippen LogP contribution in [-0.4, -0.2) is 51.6 Å². The summed E-state index contributed by atoms with van der Waals surface area (Å²) in [5.74, 6) is 0. The number of hydrogen-bond donors (Lipinski definition) is 0. The zero-order valence-corrected chi connectivity index (χ0v) is 17.7. The van der Waals surface area contributed by atoms with E-state index in [1.165, 1.54) is 20.7 Å². The van der Waals surface area contributed by atoms with Crippen molar-refractivity contribution in [3.05, 3.63) is 23.8 Å². The van der Waals surface area contributed by atoms with Gasteiger partial charge in [-0.25, -0.2) is 16.8 Å². The van der Waals surface area contributed by atoms with E-state index in [-0.39, 0.29) is 9.79 Å². The van der Waals surface area contributed by atoms with Gasteiger partial charge in [-0.2, -0.15) is 8.61 Å². The highest BCUT2D eigenvalue weighted by Crippen LogP contribution is 2.28. The first-order valence-electron chi connectivity index (χ1n) is 9.94. The highest BCUT2D eigenvalue weighted by Gasteiger charge is 2.30. The Morgan fingerprint density at radius 2 is 1.11 bits per heavy atom. The average molecular weight is 415 g/mol. The van der Waals surface area contributed by atoms with E-state index in [1.807, 2.05) is 0 Å². The van der Waals surface area contributed by atoms with Gasteiger partial charge in [0.25, 0.3) is 0 Å². The van der Waals surface area contributed by atoms with Gasteiger partial charge in [0.2, 0.25) is 20.0 Å². The van der Waals surface area contributed by atoms with Crippen molar-refractivity contribution in [3.8, 4) is 0 Å². The molecule has 152 valence electrons. The van der Waals surface area contributed by atoms with Crippen LogP contribution in [0.15, 0.2) is 28.0 Å². The van der Waals surface area contributed by atoms with E-state index >= 15 is 0 Å². The van der Waals surface area contributed by atoms with E-state index in [9.17, 15) is 16.8 Å². The van der Waals surface area contributed by atoms with Crippen LogP contribution < -0.4 is 0 Å². The first-order chi connectivity index (χ1) is 12.8. The first-order valence-corrected chi connectivity index (χ1v) is 12.8. The van der Waals surface area contributed by atoms with Crippen molar-refractivity contribution in [1.29, 1.82) is 0 Å². The summed E-state index contributed by atoms with van der Waals surface area (Å²) in [6.07, 6.45) is 7.55. The van der Waals surface area contributed by atoms with Crippen LogP contribution in [0.1, 0.15) is 56.9 Å². The molecule has 2 fully saturated rings. The van der Waals surface area contributed by atoms with Crippen LogP contribution >= 0.6 is 0 Å². The minimum absolute atomic E-state index is 0.0865. The summed E-state index contributed by atoms with van der Waals surface area (Å²) in [5.41, 5.74) is 0.592. The Balaban J connectivity index is 1.96. The second-order valence-corrected chi connectivity index (χ2v) is 11.4. The Labute approximate surface area is 163 Å². The minimum Gasteiger partial charge on any atom is -0.207 e. The molecular weight excluding hydrogens is 384 g/mol. The molecule has 0 spiro atoms. The van der Waals surface area contributed by atoms with Crippen molar-refractivity contribution in [1.82, 2.24) is 8.61 Å².